The lowest BCUT2D eigenvalue weighted by atomic mass is 9.99. The van der Waals surface area contributed by atoms with Crippen LogP contribution in [0.3, 0.4) is 0 Å². The van der Waals surface area contributed by atoms with Crippen molar-refractivity contribution >= 4 is 0 Å². The molecule has 0 aromatic carbocycles. The number of hydrogen-bond donors (Lipinski definition) is 0. The lowest BCUT2D eigenvalue weighted by Gasteiger charge is -2.36. The van der Waals surface area contributed by atoms with E-state index in [1.165, 1.54) is 5.56 Å². The number of imidazole rings is 1. The van der Waals surface area contributed by atoms with Crippen molar-refractivity contribution in [1.82, 2.24) is 24.3 Å². The number of piperazine rings is 1. The summed E-state index contributed by atoms with van der Waals surface area (Å²) < 4.78 is 8.10. The lowest BCUT2D eigenvalue weighted by molar-refractivity contribution is 0.0569. The van der Waals surface area contributed by atoms with E-state index >= 15 is 0 Å². The molecule has 0 bridgehead atoms. The number of rotatable bonds is 5. The monoisotopic (exact) mass is 341 g/mol. The average Bonchev–Trinajstić information content (AvgIpc) is 3.26. The van der Waals surface area contributed by atoms with E-state index in [9.17, 15) is 0 Å². The van der Waals surface area contributed by atoms with Crippen LogP contribution in [0, 0.1) is 5.92 Å². The summed E-state index contributed by atoms with van der Waals surface area (Å²) in [6, 6.07) is 4.22. The smallest absolute Gasteiger partial charge is 0.137 e. The van der Waals surface area contributed by atoms with Crippen LogP contribution < -0.4 is 0 Å². The third kappa shape index (κ3) is 3.92. The molecular weight excluding hydrogens is 314 g/mol. The maximum atomic E-state index is 6.01. The van der Waals surface area contributed by atoms with Gasteiger partial charge >= 0.3 is 0 Å². The second kappa shape index (κ2) is 7.64. The molecule has 2 aromatic rings. The van der Waals surface area contributed by atoms with Gasteiger partial charge in [-0.2, -0.15) is 0 Å². The Balaban J connectivity index is 1.29. The molecule has 6 heteroatoms. The zero-order chi connectivity index (χ0) is 17.1. The summed E-state index contributed by atoms with van der Waals surface area (Å²) in [4.78, 5) is 13.7. The van der Waals surface area contributed by atoms with Crippen molar-refractivity contribution in [2.45, 2.75) is 19.1 Å². The fraction of sp³-hybridized carbons (Fsp3) is 0.579. The van der Waals surface area contributed by atoms with Crippen molar-refractivity contribution in [2.75, 3.05) is 39.3 Å². The van der Waals surface area contributed by atoms with Crippen LogP contribution >= 0.6 is 0 Å². The molecular formula is C19H27N5O. The number of aryl methyl sites for hydroxylation is 1. The highest BCUT2D eigenvalue weighted by atomic mass is 16.5. The molecule has 2 aromatic heterocycles. The molecule has 0 N–H and O–H groups in total. The molecule has 0 aliphatic carbocycles. The molecule has 0 saturated carbocycles. The minimum atomic E-state index is 0.148. The summed E-state index contributed by atoms with van der Waals surface area (Å²) in [5.74, 6) is 1.62. The third-order valence-electron chi connectivity index (χ3n) is 5.44. The minimum absolute atomic E-state index is 0.148. The predicted molar refractivity (Wildman–Crippen MR) is 96.0 cm³/mol. The first kappa shape index (κ1) is 16.7. The zero-order valence-electron chi connectivity index (χ0n) is 14.9. The molecule has 2 atom stereocenters. The maximum Gasteiger partial charge on any atom is 0.137 e. The number of nitrogens with zero attached hydrogens (tertiary/aromatic N) is 5. The number of hydrogen-bond acceptors (Lipinski definition) is 5. The van der Waals surface area contributed by atoms with Crippen molar-refractivity contribution in [3.63, 3.8) is 0 Å². The van der Waals surface area contributed by atoms with Gasteiger partial charge in [-0.3, -0.25) is 9.88 Å². The van der Waals surface area contributed by atoms with E-state index in [1.807, 2.05) is 24.8 Å². The first-order valence-corrected chi connectivity index (χ1v) is 9.22. The van der Waals surface area contributed by atoms with E-state index in [1.54, 1.807) is 0 Å². The Kier molecular flexibility index (Phi) is 5.10. The van der Waals surface area contributed by atoms with Crippen LogP contribution in [0.5, 0.6) is 0 Å². The maximum absolute atomic E-state index is 6.01. The largest absolute Gasteiger partial charge is 0.370 e. The Morgan fingerprint density at radius 3 is 2.56 bits per heavy atom. The Morgan fingerprint density at radius 2 is 1.84 bits per heavy atom. The van der Waals surface area contributed by atoms with Gasteiger partial charge < -0.3 is 14.2 Å². The van der Waals surface area contributed by atoms with E-state index in [-0.39, 0.29) is 6.10 Å². The summed E-state index contributed by atoms with van der Waals surface area (Å²) >= 11 is 0. The van der Waals surface area contributed by atoms with Crippen molar-refractivity contribution < 1.29 is 4.74 Å². The molecule has 0 amide bonds. The molecule has 4 heterocycles. The zero-order valence-corrected chi connectivity index (χ0v) is 14.9. The van der Waals surface area contributed by atoms with E-state index in [2.05, 4.69) is 43.5 Å². The Hall–Kier alpha value is -1.76. The van der Waals surface area contributed by atoms with Crippen molar-refractivity contribution in [2.24, 2.45) is 13.0 Å². The fourth-order valence-corrected chi connectivity index (χ4v) is 3.97. The Bertz CT molecular complexity index is 665. The van der Waals surface area contributed by atoms with Gasteiger partial charge in [-0.05, 0) is 24.1 Å². The number of ether oxygens (including phenoxy) is 1. The van der Waals surface area contributed by atoms with Crippen LogP contribution in [0.2, 0.25) is 0 Å². The third-order valence-corrected chi connectivity index (χ3v) is 5.44. The molecule has 2 saturated heterocycles. The molecule has 2 fully saturated rings. The van der Waals surface area contributed by atoms with Gasteiger partial charge in [-0.1, -0.05) is 0 Å². The molecule has 4 rings (SSSR count). The summed E-state index contributed by atoms with van der Waals surface area (Å²) in [5.41, 5.74) is 1.35. The molecule has 0 unspecified atom stereocenters. The molecule has 25 heavy (non-hydrogen) atoms. The number of pyridine rings is 1. The SMILES string of the molecule is Cn1ccnc1[C@@H]1OCC[C@H]1CN1CCN(Cc2ccncc2)CC1. The predicted octanol–water partition coefficient (Wildman–Crippen LogP) is 1.71. The van der Waals surface area contributed by atoms with Crippen molar-refractivity contribution in [3.05, 3.63) is 48.3 Å². The molecule has 6 nitrogen and oxygen atoms in total. The topological polar surface area (TPSA) is 46.4 Å². The highest BCUT2D eigenvalue weighted by Gasteiger charge is 2.34. The molecule has 0 radical (unpaired) electrons. The van der Waals surface area contributed by atoms with Crippen LogP contribution in [0.25, 0.3) is 0 Å². The van der Waals surface area contributed by atoms with Gasteiger partial charge in [0.15, 0.2) is 0 Å². The summed E-state index contributed by atoms with van der Waals surface area (Å²) in [6.07, 6.45) is 8.91. The van der Waals surface area contributed by atoms with E-state index < -0.39 is 0 Å². The van der Waals surface area contributed by atoms with Gasteiger partial charge in [-0.25, -0.2) is 4.98 Å². The first-order valence-electron chi connectivity index (χ1n) is 9.22. The lowest BCUT2D eigenvalue weighted by Crippen LogP contribution is -2.47. The Labute approximate surface area is 149 Å². The van der Waals surface area contributed by atoms with E-state index in [4.69, 9.17) is 4.74 Å². The van der Waals surface area contributed by atoms with Gasteiger partial charge in [-0.15, -0.1) is 0 Å². The normalized spacial score (nSPS) is 25.5. The first-order chi connectivity index (χ1) is 12.3. The van der Waals surface area contributed by atoms with Crippen LogP contribution in [0.4, 0.5) is 0 Å². The standard InChI is InChI=1S/C19H27N5O/c1-22-8-7-21-19(22)18-17(4-13-25-18)15-24-11-9-23(10-12-24)14-16-2-5-20-6-3-16/h2-3,5-8,17-18H,4,9-15H2,1H3/t17-,18+/m0/s1. The average molecular weight is 341 g/mol. The van der Waals surface area contributed by atoms with Crippen molar-refractivity contribution in [1.29, 1.82) is 0 Å². The van der Waals surface area contributed by atoms with Crippen LogP contribution in [-0.2, 0) is 18.3 Å². The summed E-state index contributed by atoms with van der Waals surface area (Å²) in [5, 5.41) is 0. The minimum Gasteiger partial charge on any atom is -0.370 e. The van der Waals surface area contributed by atoms with E-state index in [0.717, 1.165) is 58.1 Å². The molecule has 134 valence electrons. The highest BCUT2D eigenvalue weighted by molar-refractivity contribution is 5.09. The van der Waals surface area contributed by atoms with Crippen molar-refractivity contribution in [3.8, 4) is 0 Å². The Morgan fingerprint density at radius 1 is 1.08 bits per heavy atom. The second-order valence-corrected chi connectivity index (χ2v) is 7.17. The van der Waals surface area contributed by atoms with Crippen LogP contribution in [0.1, 0.15) is 23.9 Å². The fourth-order valence-electron chi connectivity index (χ4n) is 3.97. The van der Waals surface area contributed by atoms with Gasteiger partial charge in [0, 0.05) is 83.6 Å². The number of aromatic nitrogens is 3. The summed E-state index contributed by atoms with van der Waals surface area (Å²) in [7, 11) is 2.05. The molecule has 2 aliphatic heterocycles. The van der Waals surface area contributed by atoms with Crippen LogP contribution in [-0.4, -0.2) is 63.7 Å². The van der Waals surface area contributed by atoms with Gasteiger partial charge in [0.25, 0.3) is 0 Å². The van der Waals surface area contributed by atoms with Gasteiger partial charge in [0.2, 0.25) is 0 Å². The summed E-state index contributed by atoms with van der Waals surface area (Å²) in [6.45, 7) is 7.51. The molecule has 2 aliphatic rings. The van der Waals surface area contributed by atoms with Gasteiger partial charge in [0.05, 0.1) is 0 Å². The second-order valence-electron chi connectivity index (χ2n) is 7.17. The quantitative estimate of drug-likeness (QED) is 0.829. The van der Waals surface area contributed by atoms with Gasteiger partial charge in [0.1, 0.15) is 11.9 Å². The molecule has 0 spiro atoms. The van der Waals surface area contributed by atoms with E-state index in [0.29, 0.717) is 5.92 Å². The highest BCUT2D eigenvalue weighted by Crippen LogP contribution is 2.34. The van der Waals surface area contributed by atoms with Crippen LogP contribution in [0.15, 0.2) is 36.9 Å².